The van der Waals surface area contributed by atoms with Crippen LogP contribution in [0.1, 0.15) is 18.9 Å². The van der Waals surface area contributed by atoms with E-state index < -0.39 is 0 Å². The summed E-state index contributed by atoms with van der Waals surface area (Å²) in [4.78, 5) is 2.53. The summed E-state index contributed by atoms with van der Waals surface area (Å²) >= 11 is 2.09. The monoisotopic (exact) mass is 308 g/mol. The van der Waals surface area contributed by atoms with Gasteiger partial charge in [0.1, 0.15) is 5.75 Å². The number of benzene rings is 1. The first-order valence-electron chi connectivity index (χ1n) is 7.89. The number of likely N-dealkylation sites (N-methyl/N-ethyl adjacent to an activating group) is 2. The highest BCUT2D eigenvalue weighted by Gasteiger charge is 2.27. The lowest BCUT2D eigenvalue weighted by molar-refractivity contribution is 0.209. The Morgan fingerprint density at radius 3 is 2.76 bits per heavy atom. The van der Waals surface area contributed by atoms with Crippen LogP contribution < -0.4 is 10.1 Å². The first-order valence-corrected chi connectivity index (χ1v) is 9.04. The van der Waals surface area contributed by atoms with Crippen LogP contribution in [0.4, 0.5) is 0 Å². The molecule has 1 aliphatic heterocycles. The minimum Gasteiger partial charge on any atom is -0.497 e. The van der Waals surface area contributed by atoms with Gasteiger partial charge in [-0.2, -0.15) is 11.8 Å². The number of aryl methyl sites for hydroxylation is 1. The number of methoxy groups -OCH3 is 1. The molecule has 2 rings (SSSR count). The second kappa shape index (κ2) is 8.66. The predicted octanol–water partition coefficient (Wildman–Crippen LogP) is 2.65. The van der Waals surface area contributed by atoms with Crippen molar-refractivity contribution in [3.63, 3.8) is 0 Å². The Labute approximate surface area is 133 Å². The molecular formula is C17H28N2OS. The fourth-order valence-corrected chi connectivity index (χ4v) is 4.25. The van der Waals surface area contributed by atoms with Crippen molar-refractivity contribution in [2.75, 3.05) is 38.8 Å². The van der Waals surface area contributed by atoms with Crippen molar-refractivity contribution >= 4 is 11.8 Å². The van der Waals surface area contributed by atoms with Crippen LogP contribution in [0, 0.1) is 0 Å². The van der Waals surface area contributed by atoms with E-state index in [0.717, 1.165) is 18.7 Å². The van der Waals surface area contributed by atoms with E-state index in [1.165, 1.54) is 30.0 Å². The van der Waals surface area contributed by atoms with Crippen molar-refractivity contribution in [2.45, 2.75) is 31.8 Å². The smallest absolute Gasteiger partial charge is 0.118 e. The summed E-state index contributed by atoms with van der Waals surface area (Å²) in [7, 11) is 3.98. The average molecular weight is 308 g/mol. The lowest BCUT2D eigenvalue weighted by atomic mass is 9.99. The summed E-state index contributed by atoms with van der Waals surface area (Å²) in [6, 6.07) is 9.71. The van der Waals surface area contributed by atoms with Gasteiger partial charge in [-0.15, -0.1) is 0 Å². The Balaban J connectivity index is 1.92. The molecule has 0 aromatic heterocycles. The lowest BCUT2D eigenvalue weighted by Gasteiger charge is -2.38. The fraction of sp³-hybridized carbons (Fsp3) is 0.647. The van der Waals surface area contributed by atoms with Gasteiger partial charge in [0.2, 0.25) is 0 Å². The molecule has 1 aromatic rings. The van der Waals surface area contributed by atoms with Crippen LogP contribution in [0.2, 0.25) is 0 Å². The van der Waals surface area contributed by atoms with Crippen LogP contribution in [0.25, 0.3) is 0 Å². The van der Waals surface area contributed by atoms with Crippen LogP contribution >= 0.6 is 11.8 Å². The first kappa shape index (κ1) is 16.7. The second-order valence-electron chi connectivity index (χ2n) is 5.67. The van der Waals surface area contributed by atoms with Gasteiger partial charge in [0.25, 0.3) is 0 Å². The standard InChI is InChI=1S/C17H28N2OS/c1-4-18-16(17-13-21-12-11-19(17)2)10-7-14-5-8-15(20-3)9-6-14/h5-6,8-9,16-18H,4,7,10-13H2,1-3H3. The quantitative estimate of drug-likeness (QED) is 0.837. The Morgan fingerprint density at radius 2 is 2.14 bits per heavy atom. The van der Waals surface area contributed by atoms with Gasteiger partial charge >= 0.3 is 0 Å². The minimum atomic E-state index is 0.579. The van der Waals surface area contributed by atoms with Crippen molar-refractivity contribution < 1.29 is 4.74 Å². The number of ether oxygens (including phenoxy) is 1. The SMILES string of the molecule is CCNC(CCc1ccc(OC)cc1)C1CSCCN1C. The molecule has 21 heavy (non-hydrogen) atoms. The van der Waals surface area contributed by atoms with Gasteiger partial charge in [0.05, 0.1) is 7.11 Å². The summed E-state index contributed by atoms with van der Waals surface area (Å²) in [6.45, 7) is 4.46. The molecule has 1 saturated heterocycles. The molecule has 118 valence electrons. The third kappa shape index (κ3) is 4.90. The highest BCUT2D eigenvalue weighted by atomic mass is 32.2. The molecule has 4 heteroatoms. The molecule has 0 bridgehead atoms. The van der Waals surface area contributed by atoms with Crippen molar-refractivity contribution in [3.05, 3.63) is 29.8 Å². The fourth-order valence-electron chi connectivity index (χ4n) is 2.94. The summed E-state index contributed by atoms with van der Waals surface area (Å²) in [6.07, 6.45) is 2.31. The molecule has 0 spiro atoms. The summed E-state index contributed by atoms with van der Waals surface area (Å²) in [5.41, 5.74) is 1.39. The van der Waals surface area contributed by atoms with Gasteiger partial charge in [-0.05, 0) is 44.1 Å². The van der Waals surface area contributed by atoms with Crippen molar-refractivity contribution in [1.29, 1.82) is 0 Å². The minimum absolute atomic E-state index is 0.579. The maximum absolute atomic E-state index is 5.22. The number of rotatable bonds is 7. The molecule has 1 aliphatic rings. The van der Waals surface area contributed by atoms with Gasteiger partial charge in [-0.25, -0.2) is 0 Å². The van der Waals surface area contributed by atoms with E-state index in [0.29, 0.717) is 12.1 Å². The average Bonchev–Trinajstić information content (AvgIpc) is 2.53. The molecule has 1 fully saturated rings. The summed E-state index contributed by atoms with van der Waals surface area (Å²) < 4.78 is 5.22. The molecule has 1 heterocycles. The van der Waals surface area contributed by atoms with Crippen LogP contribution in [-0.2, 0) is 6.42 Å². The van der Waals surface area contributed by atoms with E-state index in [1.54, 1.807) is 7.11 Å². The molecule has 0 aliphatic carbocycles. The number of nitrogens with zero attached hydrogens (tertiary/aromatic N) is 1. The molecule has 2 unspecified atom stereocenters. The molecule has 1 N–H and O–H groups in total. The van der Waals surface area contributed by atoms with E-state index in [1.807, 2.05) is 0 Å². The molecule has 0 radical (unpaired) electrons. The maximum atomic E-state index is 5.22. The molecule has 0 amide bonds. The van der Waals surface area contributed by atoms with E-state index >= 15 is 0 Å². The Hall–Kier alpha value is -0.710. The summed E-state index contributed by atoms with van der Waals surface area (Å²) in [5.74, 6) is 3.45. The third-order valence-electron chi connectivity index (χ3n) is 4.28. The van der Waals surface area contributed by atoms with Crippen molar-refractivity contribution in [2.24, 2.45) is 0 Å². The van der Waals surface area contributed by atoms with Crippen LogP contribution in [0.3, 0.4) is 0 Å². The zero-order valence-electron chi connectivity index (χ0n) is 13.5. The van der Waals surface area contributed by atoms with E-state index in [2.05, 4.69) is 60.2 Å². The third-order valence-corrected chi connectivity index (χ3v) is 5.33. The van der Waals surface area contributed by atoms with Crippen LogP contribution in [0.5, 0.6) is 5.75 Å². The topological polar surface area (TPSA) is 24.5 Å². The largest absolute Gasteiger partial charge is 0.497 e. The van der Waals surface area contributed by atoms with E-state index in [-0.39, 0.29) is 0 Å². The highest BCUT2D eigenvalue weighted by Crippen LogP contribution is 2.21. The maximum Gasteiger partial charge on any atom is 0.118 e. The number of hydrogen-bond donors (Lipinski definition) is 1. The Morgan fingerprint density at radius 1 is 1.38 bits per heavy atom. The number of nitrogens with one attached hydrogen (secondary N) is 1. The zero-order chi connectivity index (χ0) is 15.1. The number of hydrogen-bond acceptors (Lipinski definition) is 4. The number of thioether (sulfide) groups is 1. The lowest BCUT2D eigenvalue weighted by Crippen LogP contribution is -2.52. The normalized spacial score (nSPS) is 21.2. The van der Waals surface area contributed by atoms with E-state index in [4.69, 9.17) is 4.74 Å². The van der Waals surface area contributed by atoms with Crippen molar-refractivity contribution in [3.8, 4) is 5.75 Å². The molecule has 3 nitrogen and oxygen atoms in total. The molecule has 1 aromatic carbocycles. The Bertz CT molecular complexity index is 410. The zero-order valence-corrected chi connectivity index (χ0v) is 14.3. The molecule has 0 saturated carbocycles. The van der Waals surface area contributed by atoms with E-state index in [9.17, 15) is 0 Å². The van der Waals surface area contributed by atoms with Gasteiger partial charge in [-0.3, -0.25) is 0 Å². The first-order chi connectivity index (χ1) is 10.2. The van der Waals surface area contributed by atoms with Crippen LogP contribution in [-0.4, -0.2) is 55.7 Å². The van der Waals surface area contributed by atoms with Gasteiger partial charge in [0, 0.05) is 30.1 Å². The molecule has 2 atom stereocenters. The van der Waals surface area contributed by atoms with Crippen LogP contribution in [0.15, 0.2) is 24.3 Å². The molecular weight excluding hydrogens is 280 g/mol. The van der Waals surface area contributed by atoms with Gasteiger partial charge in [0.15, 0.2) is 0 Å². The second-order valence-corrected chi connectivity index (χ2v) is 6.82. The van der Waals surface area contributed by atoms with Gasteiger partial charge < -0.3 is 15.0 Å². The predicted molar refractivity (Wildman–Crippen MR) is 92.5 cm³/mol. The summed E-state index contributed by atoms with van der Waals surface area (Å²) in [5, 5.41) is 3.70. The van der Waals surface area contributed by atoms with Crippen molar-refractivity contribution in [1.82, 2.24) is 10.2 Å². The Kier molecular flexibility index (Phi) is 6.87. The van der Waals surface area contributed by atoms with Gasteiger partial charge in [-0.1, -0.05) is 19.1 Å². The highest BCUT2D eigenvalue weighted by molar-refractivity contribution is 7.99.